The lowest BCUT2D eigenvalue weighted by atomic mass is 10.2. The van der Waals surface area contributed by atoms with Gasteiger partial charge in [0.2, 0.25) is 21.7 Å². The molecule has 0 spiro atoms. The molecule has 3 aromatic rings. The topological polar surface area (TPSA) is 142 Å². The van der Waals surface area contributed by atoms with E-state index >= 15 is 0 Å². The van der Waals surface area contributed by atoms with Crippen LogP contribution < -0.4 is 19.5 Å². The van der Waals surface area contributed by atoms with Gasteiger partial charge in [-0.1, -0.05) is 5.10 Å². The summed E-state index contributed by atoms with van der Waals surface area (Å²) < 4.78 is 56.1. The fourth-order valence-electron chi connectivity index (χ4n) is 4.33. The van der Waals surface area contributed by atoms with Gasteiger partial charge in [-0.15, -0.1) is 5.10 Å². The van der Waals surface area contributed by atoms with Crippen molar-refractivity contribution in [1.82, 2.24) is 14.5 Å². The molecule has 0 radical (unpaired) electrons. The van der Waals surface area contributed by atoms with Crippen LogP contribution in [0.5, 0.6) is 17.2 Å². The molecule has 1 N–H and O–H groups in total. The van der Waals surface area contributed by atoms with Crippen molar-refractivity contribution in [2.45, 2.75) is 51.7 Å². The van der Waals surface area contributed by atoms with E-state index in [4.69, 9.17) is 23.4 Å². The lowest BCUT2D eigenvalue weighted by Gasteiger charge is -2.34. The Bertz CT molecular complexity index is 1390. The second-order valence-electron chi connectivity index (χ2n) is 9.07. The average Bonchev–Trinajstić information content (AvgIpc) is 3.38. The third-order valence-corrected chi connectivity index (χ3v) is 7.79. The largest absolute Gasteiger partial charge is 0.490 e. The van der Waals surface area contributed by atoms with Crippen LogP contribution in [0.4, 0.5) is 6.01 Å². The molecule has 2 atom stereocenters. The van der Waals surface area contributed by atoms with Crippen molar-refractivity contribution in [2.24, 2.45) is 0 Å². The van der Waals surface area contributed by atoms with Gasteiger partial charge in [0.05, 0.1) is 36.9 Å². The van der Waals surface area contributed by atoms with E-state index in [2.05, 4.69) is 15.5 Å². The predicted molar refractivity (Wildman–Crippen MR) is 146 cm³/mol. The van der Waals surface area contributed by atoms with Gasteiger partial charge >= 0.3 is 6.01 Å². The highest BCUT2D eigenvalue weighted by Gasteiger charge is 2.32. The van der Waals surface area contributed by atoms with Crippen LogP contribution in [-0.4, -0.2) is 73.9 Å². The van der Waals surface area contributed by atoms with Gasteiger partial charge in [-0.3, -0.25) is 10.1 Å². The molecular weight excluding hydrogens is 540 g/mol. The summed E-state index contributed by atoms with van der Waals surface area (Å²) in [5.74, 6) is 1.00. The molecule has 0 bridgehead atoms. The monoisotopic (exact) mass is 574 g/mol. The fourth-order valence-corrected chi connectivity index (χ4v) is 5.92. The van der Waals surface area contributed by atoms with Gasteiger partial charge in [-0.2, -0.15) is 4.31 Å². The molecule has 12 nitrogen and oxygen atoms in total. The molecule has 1 fully saturated rings. The molecule has 0 unspecified atom stereocenters. The van der Waals surface area contributed by atoms with E-state index in [0.717, 1.165) is 0 Å². The Kier molecular flexibility index (Phi) is 9.28. The normalized spacial score (nSPS) is 17.8. The minimum absolute atomic E-state index is 0.0936. The highest BCUT2D eigenvalue weighted by atomic mass is 32.2. The molecule has 216 valence electrons. The van der Waals surface area contributed by atoms with Gasteiger partial charge < -0.3 is 23.4 Å². The van der Waals surface area contributed by atoms with Crippen LogP contribution in [0.25, 0.3) is 11.5 Å². The lowest BCUT2D eigenvalue weighted by Crippen LogP contribution is -2.48. The molecule has 1 amide bonds. The lowest BCUT2D eigenvalue weighted by molar-refractivity contribution is -0.0440. The molecule has 1 aliphatic rings. The third kappa shape index (κ3) is 6.54. The van der Waals surface area contributed by atoms with Crippen molar-refractivity contribution in [3.8, 4) is 28.7 Å². The van der Waals surface area contributed by atoms with Crippen molar-refractivity contribution in [3.05, 3.63) is 42.0 Å². The minimum atomic E-state index is -3.73. The van der Waals surface area contributed by atoms with Crippen molar-refractivity contribution >= 4 is 21.9 Å². The van der Waals surface area contributed by atoms with Gasteiger partial charge in [-0.25, -0.2) is 8.42 Å². The first-order chi connectivity index (χ1) is 19.2. The molecule has 40 heavy (non-hydrogen) atoms. The van der Waals surface area contributed by atoms with Gasteiger partial charge in [0.15, 0.2) is 11.5 Å². The number of hydrogen-bond donors (Lipinski definition) is 1. The third-order valence-electron chi connectivity index (χ3n) is 5.94. The fraction of sp³-hybridized carbons (Fsp3) is 0.444. The molecular formula is C27H34N4O8S. The average molecular weight is 575 g/mol. The summed E-state index contributed by atoms with van der Waals surface area (Å²) in [5.41, 5.74) is 0.741. The van der Waals surface area contributed by atoms with Crippen LogP contribution in [0.1, 0.15) is 45.0 Å². The first-order valence-corrected chi connectivity index (χ1v) is 14.6. The smallest absolute Gasteiger partial charge is 0.322 e. The van der Waals surface area contributed by atoms with Crippen molar-refractivity contribution in [1.29, 1.82) is 0 Å². The van der Waals surface area contributed by atoms with Crippen LogP contribution in [0, 0.1) is 0 Å². The number of sulfonamides is 1. The molecule has 2 heterocycles. The number of aromatic nitrogens is 2. The number of carbonyl (C=O) groups is 1. The maximum absolute atomic E-state index is 13.1. The number of nitrogens with zero attached hydrogens (tertiary/aromatic N) is 3. The number of morpholine rings is 1. The van der Waals surface area contributed by atoms with Crippen molar-refractivity contribution in [3.63, 3.8) is 0 Å². The molecule has 13 heteroatoms. The molecule has 1 aliphatic heterocycles. The van der Waals surface area contributed by atoms with Crippen molar-refractivity contribution in [2.75, 3.05) is 38.2 Å². The standard InChI is InChI=1S/C27H34N4O8S/c1-6-35-22-13-20(14-23(36-7-2)24(22)37-8-3)26-29-30-27(39-26)28-25(32)19-9-11-21(12-10-19)40(33,34)31-15-17(4)38-18(5)16-31/h9-14,17-18H,6-8,15-16H2,1-5H3,(H,28,30,32)/t17-,18-/m0/s1. The van der Waals surface area contributed by atoms with Crippen LogP contribution >= 0.6 is 0 Å². The van der Waals surface area contributed by atoms with E-state index in [9.17, 15) is 13.2 Å². The molecule has 0 aliphatic carbocycles. The number of anilines is 1. The van der Waals surface area contributed by atoms with Crippen LogP contribution in [-0.2, 0) is 14.8 Å². The van der Waals surface area contributed by atoms with E-state index in [-0.39, 0.29) is 47.7 Å². The van der Waals surface area contributed by atoms with Crippen LogP contribution in [0.2, 0.25) is 0 Å². The summed E-state index contributed by atoms with van der Waals surface area (Å²) in [6.07, 6.45) is -0.413. The Labute approximate surface area is 233 Å². The van der Waals surface area contributed by atoms with Gasteiger partial charge in [0.1, 0.15) is 0 Å². The Morgan fingerprint density at radius 2 is 1.52 bits per heavy atom. The minimum Gasteiger partial charge on any atom is -0.490 e. The Balaban J connectivity index is 1.50. The Hall–Kier alpha value is -3.68. The van der Waals surface area contributed by atoms with Gasteiger partial charge in [-0.05, 0) is 71.0 Å². The second kappa shape index (κ2) is 12.7. The van der Waals surface area contributed by atoms with E-state index < -0.39 is 15.9 Å². The molecule has 2 aromatic carbocycles. The zero-order chi connectivity index (χ0) is 28.9. The molecule has 0 saturated carbocycles. The number of hydrogen-bond acceptors (Lipinski definition) is 10. The van der Waals surface area contributed by atoms with E-state index in [0.29, 0.717) is 42.6 Å². The first kappa shape index (κ1) is 29.3. The van der Waals surface area contributed by atoms with Crippen molar-refractivity contribution < 1.29 is 36.6 Å². The zero-order valence-corrected chi connectivity index (χ0v) is 24.0. The number of rotatable bonds is 11. The molecule has 1 aromatic heterocycles. The van der Waals surface area contributed by atoms with Crippen LogP contribution in [0.3, 0.4) is 0 Å². The highest BCUT2D eigenvalue weighted by molar-refractivity contribution is 7.89. The van der Waals surface area contributed by atoms with E-state index in [1.165, 1.54) is 28.6 Å². The van der Waals surface area contributed by atoms with E-state index in [1.807, 2.05) is 34.6 Å². The zero-order valence-electron chi connectivity index (χ0n) is 23.2. The number of nitrogens with one attached hydrogen (secondary N) is 1. The van der Waals surface area contributed by atoms with Gasteiger partial charge in [0.25, 0.3) is 5.91 Å². The summed E-state index contributed by atoms with van der Waals surface area (Å²) in [5, 5.41) is 10.5. The number of ether oxygens (including phenoxy) is 4. The first-order valence-electron chi connectivity index (χ1n) is 13.1. The predicted octanol–water partition coefficient (Wildman–Crippen LogP) is 3.98. The summed E-state index contributed by atoms with van der Waals surface area (Å²) in [7, 11) is -3.73. The Morgan fingerprint density at radius 3 is 2.08 bits per heavy atom. The quantitative estimate of drug-likeness (QED) is 0.357. The molecule has 4 rings (SSSR count). The number of amides is 1. The SMILES string of the molecule is CCOc1cc(-c2nnc(NC(=O)c3ccc(S(=O)(=O)N4C[C@H](C)O[C@@H](C)C4)cc3)o2)cc(OCC)c1OCC. The number of benzene rings is 2. The summed E-state index contributed by atoms with van der Waals surface area (Å²) in [6.45, 7) is 11.0. The maximum atomic E-state index is 13.1. The Morgan fingerprint density at radius 1 is 0.950 bits per heavy atom. The summed E-state index contributed by atoms with van der Waals surface area (Å²) >= 11 is 0. The van der Waals surface area contributed by atoms with Gasteiger partial charge in [0, 0.05) is 24.2 Å². The number of carbonyl (C=O) groups excluding carboxylic acids is 1. The second-order valence-corrected chi connectivity index (χ2v) is 11.0. The summed E-state index contributed by atoms with van der Waals surface area (Å²) in [6, 6.07) is 8.94. The van der Waals surface area contributed by atoms with Crippen LogP contribution in [0.15, 0.2) is 45.7 Å². The maximum Gasteiger partial charge on any atom is 0.322 e. The summed E-state index contributed by atoms with van der Waals surface area (Å²) in [4.78, 5) is 12.9. The van der Waals surface area contributed by atoms with E-state index in [1.54, 1.807) is 12.1 Å². The highest BCUT2D eigenvalue weighted by Crippen LogP contribution is 2.42. The molecule has 1 saturated heterocycles.